The standard InChI is InChI=1S/C21H21F2N3O2/c22-15-8-7-13(10-16(15)23)11-26-12-14(20-18(26)5-3-9-24-20)21(28)25-17-4-1-2-6-19(17)27/h3,5,7-10,12,17,19,27H,1-2,4,6,11H2,(H,25,28)/t17-,19-/m0/s1. The molecule has 1 aliphatic carbocycles. The summed E-state index contributed by atoms with van der Waals surface area (Å²) in [7, 11) is 0. The van der Waals surface area contributed by atoms with Crippen molar-refractivity contribution in [1.82, 2.24) is 14.9 Å². The summed E-state index contributed by atoms with van der Waals surface area (Å²) in [5, 5.41) is 13.0. The van der Waals surface area contributed by atoms with E-state index in [1.165, 1.54) is 6.07 Å². The minimum absolute atomic E-state index is 0.269. The fourth-order valence-electron chi connectivity index (χ4n) is 3.78. The summed E-state index contributed by atoms with van der Waals surface area (Å²) in [6.07, 6.45) is 6.09. The molecule has 0 aliphatic heterocycles. The lowest BCUT2D eigenvalue weighted by atomic mass is 9.92. The molecule has 1 aromatic carbocycles. The van der Waals surface area contributed by atoms with E-state index in [2.05, 4.69) is 10.3 Å². The van der Waals surface area contributed by atoms with Gasteiger partial charge in [0.05, 0.1) is 23.2 Å². The Kier molecular flexibility index (Phi) is 5.09. The van der Waals surface area contributed by atoms with Gasteiger partial charge in [-0.2, -0.15) is 0 Å². The zero-order valence-corrected chi connectivity index (χ0v) is 15.2. The molecule has 0 bridgehead atoms. The van der Waals surface area contributed by atoms with Crippen LogP contribution < -0.4 is 5.32 Å². The van der Waals surface area contributed by atoms with Crippen molar-refractivity contribution in [3.63, 3.8) is 0 Å². The van der Waals surface area contributed by atoms with Gasteiger partial charge in [-0.05, 0) is 42.7 Å². The minimum Gasteiger partial charge on any atom is -0.391 e. The Labute approximate surface area is 161 Å². The van der Waals surface area contributed by atoms with Crippen LogP contribution in [-0.4, -0.2) is 32.7 Å². The zero-order valence-electron chi connectivity index (χ0n) is 15.2. The van der Waals surface area contributed by atoms with Crippen LogP contribution in [0, 0.1) is 11.6 Å². The predicted molar refractivity (Wildman–Crippen MR) is 101 cm³/mol. The number of carbonyl (C=O) groups is 1. The number of fused-ring (bicyclic) bond motifs is 1. The summed E-state index contributed by atoms with van der Waals surface area (Å²) in [5.41, 5.74) is 2.24. The highest BCUT2D eigenvalue weighted by atomic mass is 19.2. The number of hydrogen-bond donors (Lipinski definition) is 2. The number of carbonyl (C=O) groups excluding carboxylic acids is 1. The summed E-state index contributed by atoms with van der Waals surface area (Å²) >= 11 is 0. The van der Waals surface area contributed by atoms with Crippen molar-refractivity contribution in [2.75, 3.05) is 0 Å². The largest absolute Gasteiger partial charge is 0.391 e. The van der Waals surface area contributed by atoms with Crippen molar-refractivity contribution in [3.8, 4) is 0 Å². The third kappa shape index (κ3) is 3.62. The van der Waals surface area contributed by atoms with Gasteiger partial charge in [-0.15, -0.1) is 0 Å². The number of rotatable bonds is 4. The van der Waals surface area contributed by atoms with E-state index < -0.39 is 17.7 Å². The van der Waals surface area contributed by atoms with Gasteiger partial charge in [0.15, 0.2) is 11.6 Å². The van der Waals surface area contributed by atoms with Gasteiger partial charge in [0.25, 0.3) is 5.91 Å². The Bertz CT molecular complexity index is 1020. The molecular formula is C21H21F2N3O2. The van der Waals surface area contributed by atoms with E-state index >= 15 is 0 Å². The molecule has 28 heavy (non-hydrogen) atoms. The van der Waals surface area contributed by atoms with Gasteiger partial charge in [0.2, 0.25) is 0 Å². The number of aliphatic hydroxyl groups excluding tert-OH is 1. The van der Waals surface area contributed by atoms with Crippen LogP contribution in [0.15, 0.2) is 42.7 Å². The van der Waals surface area contributed by atoms with E-state index in [0.29, 0.717) is 23.1 Å². The van der Waals surface area contributed by atoms with E-state index in [9.17, 15) is 18.7 Å². The monoisotopic (exact) mass is 385 g/mol. The summed E-state index contributed by atoms with van der Waals surface area (Å²) in [6.45, 7) is 0.277. The molecule has 5 nitrogen and oxygen atoms in total. The molecule has 2 N–H and O–H groups in total. The van der Waals surface area contributed by atoms with Gasteiger partial charge in [-0.1, -0.05) is 18.9 Å². The number of amides is 1. The first-order valence-corrected chi connectivity index (χ1v) is 9.39. The molecule has 2 aromatic heterocycles. The van der Waals surface area contributed by atoms with Crippen LogP contribution in [-0.2, 0) is 6.54 Å². The molecule has 2 heterocycles. The van der Waals surface area contributed by atoms with E-state index in [4.69, 9.17) is 0 Å². The van der Waals surface area contributed by atoms with Crippen molar-refractivity contribution in [3.05, 3.63) is 65.5 Å². The number of nitrogens with zero attached hydrogens (tertiary/aromatic N) is 2. The van der Waals surface area contributed by atoms with Crippen molar-refractivity contribution in [1.29, 1.82) is 0 Å². The average Bonchev–Trinajstić information content (AvgIpc) is 3.05. The molecule has 0 spiro atoms. The molecule has 3 aromatic rings. The molecule has 1 saturated carbocycles. The molecule has 0 unspecified atom stereocenters. The number of hydrogen-bond acceptors (Lipinski definition) is 3. The molecular weight excluding hydrogens is 364 g/mol. The maximum absolute atomic E-state index is 13.5. The molecule has 7 heteroatoms. The van der Waals surface area contributed by atoms with E-state index in [1.807, 2.05) is 6.07 Å². The highest BCUT2D eigenvalue weighted by Gasteiger charge is 2.26. The van der Waals surface area contributed by atoms with Crippen LogP contribution in [0.25, 0.3) is 11.0 Å². The number of aromatic nitrogens is 2. The first-order valence-electron chi connectivity index (χ1n) is 9.39. The quantitative estimate of drug-likeness (QED) is 0.723. The first kappa shape index (κ1) is 18.6. The summed E-state index contributed by atoms with van der Waals surface area (Å²) in [4.78, 5) is 17.2. The zero-order chi connectivity index (χ0) is 19.7. The molecule has 1 amide bonds. The van der Waals surface area contributed by atoms with E-state index in [1.54, 1.807) is 23.0 Å². The molecule has 146 valence electrons. The van der Waals surface area contributed by atoms with Gasteiger partial charge in [-0.3, -0.25) is 9.78 Å². The van der Waals surface area contributed by atoms with Crippen LogP contribution in [0.3, 0.4) is 0 Å². The number of halogens is 2. The Hall–Kier alpha value is -2.80. The number of benzene rings is 1. The predicted octanol–water partition coefficient (Wildman–Crippen LogP) is 3.40. The SMILES string of the molecule is O=C(N[C@H]1CCCC[C@@H]1O)c1cn(Cc2ccc(F)c(F)c2)c2cccnc12. The van der Waals surface area contributed by atoms with Crippen LogP contribution >= 0.6 is 0 Å². The number of pyridine rings is 1. The number of aliphatic hydroxyl groups is 1. The second kappa shape index (κ2) is 7.67. The Morgan fingerprint density at radius 1 is 1.21 bits per heavy atom. The summed E-state index contributed by atoms with van der Waals surface area (Å²) < 4.78 is 28.5. The van der Waals surface area contributed by atoms with E-state index in [-0.39, 0.29) is 18.5 Å². The fraction of sp³-hybridized carbons (Fsp3) is 0.333. The maximum Gasteiger partial charge on any atom is 0.255 e. The highest BCUT2D eigenvalue weighted by Crippen LogP contribution is 2.23. The van der Waals surface area contributed by atoms with Crippen molar-refractivity contribution < 1.29 is 18.7 Å². The van der Waals surface area contributed by atoms with E-state index in [0.717, 1.165) is 36.9 Å². The fourth-order valence-corrected chi connectivity index (χ4v) is 3.78. The molecule has 4 rings (SSSR count). The molecule has 1 fully saturated rings. The second-order valence-electron chi connectivity index (χ2n) is 7.22. The lowest BCUT2D eigenvalue weighted by molar-refractivity contribution is 0.0718. The summed E-state index contributed by atoms with van der Waals surface area (Å²) in [5.74, 6) is -2.09. The smallest absolute Gasteiger partial charge is 0.255 e. The van der Waals surface area contributed by atoms with Gasteiger partial charge in [0.1, 0.15) is 5.52 Å². The molecule has 0 saturated heterocycles. The van der Waals surface area contributed by atoms with Gasteiger partial charge < -0.3 is 15.0 Å². The molecule has 2 atom stereocenters. The third-order valence-corrected chi connectivity index (χ3v) is 5.26. The lowest BCUT2D eigenvalue weighted by Crippen LogP contribution is -2.45. The van der Waals surface area contributed by atoms with Gasteiger partial charge in [-0.25, -0.2) is 8.78 Å². The normalized spacial score (nSPS) is 19.7. The highest BCUT2D eigenvalue weighted by molar-refractivity contribution is 6.05. The van der Waals surface area contributed by atoms with Crippen LogP contribution in [0.5, 0.6) is 0 Å². The molecule has 0 radical (unpaired) electrons. The second-order valence-corrected chi connectivity index (χ2v) is 7.22. The third-order valence-electron chi connectivity index (χ3n) is 5.26. The Balaban J connectivity index is 1.64. The van der Waals surface area contributed by atoms with Gasteiger partial charge in [0, 0.05) is 18.9 Å². The van der Waals surface area contributed by atoms with Gasteiger partial charge >= 0.3 is 0 Å². The summed E-state index contributed by atoms with van der Waals surface area (Å²) in [6, 6.07) is 7.07. The van der Waals surface area contributed by atoms with Crippen LogP contribution in [0.1, 0.15) is 41.6 Å². The van der Waals surface area contributed by atoms with Crippen molar-refractivity contribution in [2.45, 2.75) is 44.4 Å². The maximum atomic E-state index is 13.5. The van der Waals surface area contributed by atoms with Crippen molar-refractivity contribution >= 4 is 16.9 Å². The van der Waals surface area contributed by atoms with Crippen LogP contribution in [0.4, 0.5) is 8.78 Å². The average molecular weight is 385 g/mol. The lowest BCUT2D eigenvalue weighted by Gasteiger charge is -2.28. The van der Waals surface area contributed by atoms with Crippen LogP contribution in [0.2, 0.25) is 0 Å². The van der Waals surface area contributed by atoms with Crippen molar-refractivity contribution in [2.24, 2.45) is 0 Å². The minimum atomic E-state index is -0.906. The Morgan fingerprint density at radius 3 is 2.82 bits per heavy atom. The number of nitrogens with one attached hydrogen (secondary N) is 1. The topological polar surface area (TPSA) is 67.2 Å². The molecule has 1 aliphatic rings. The first-order chi connectivity index (χ1) is 13.5. The Morgan fingerprint density at radius 2 is 2.04 bits per heavy atom.